The van der Waals surface area contributed by atoms with Gasteiger partial charge in [0.2, 0.25) is 0 Å². The van der Waals surface area contributed by atoms with Crippen LogP contribution in [0, 0.1) is 0 Å². The second-order valence-corrected chi connectivity index (χ2v) is 8.56. The van der Waals surface area contributed by atoms with E-state index in [-0.39, 0.29) is 17.6 Å². The molecular formula is C28H38O5. The normalized spacial score (nSPS) is 11.7. The Hall–Kier alpha value is -2.82. The Morgan fingerprint density at radius 2 is 1.55 bits per heavy atom. The van der Waals surface area contributed by atoms with Gasteiger partial charge in [-0.1, -0.05) is 64.5 Å². The molecule has 0 amide bonds. The highest BCUT2D eigenvalue weighted by molar-refractivity contribution is 5.97. The number of rotatable bonds is 15. The molecule has 0 heterocycles. The van der Waals surface area contributed by atoms with Crippen LogP contribution in [0.4, 0.5) is 0 Å². The molecular weight excluding hydrogens is 416 g/mol. The minimum Gasteiger partial charge on any atom is -0.494 e. The summed E-state index contributed by atoms with van der Waals surface area (Å²) in [6.45, 7) is 6.86. The van der Waals surface area contributed by atoms with E-state index in [1.807, 2.05) is 6.92 Å². The molecule has 1 atom stereocenters. The Labute approximate surface area is 198 Å². The van der Waals surface area contributed by atoms with Crippen molar-refractivity contribution in [2.75, 3.05) is 6.61 Å². The molecule has 0 radical (unpaired) electrons. The SMILES string of the molecule is CCCCCCOc1ccc(C(=O)O)c(-c2ccc(C(=O)OC(C)CCCCCC)cc2)c1. The van der Waals surface area contributed by atoms with E-state index in [0.717, 1.165) is 32.1 Å². The highest BCUT2D eigenvalue weighted by Gasteiger charge is 2.16. The van der Waals surface area contributed by atoms with Crippen molar-refractivity contribution in [1.82, 2.24) is 0 Å². The lowest BCUT2D eigenvalue weighted by atomic mass is 9.98. The molecule has 0 aliphatic carbocycles. The molecule has 1 N–H and O–H groups in total. The molecule has 5 nitrogen and oxygen atoms in total. The molecule has 2 aromatic carbocycles. The molecule has 0 spiro atoms. The number of carboxylic acids is 1. The van der Waals surface area contributed by atoms with E-state index in [9.17, 15) is 14.7 Å². The first-order valence-electron chi connectivity index (χ1n) is 12.3. The first kappa shape index (κ1) is 26.4. The van der Waals surface area contributed by atoms with Gasteiger partial charge in [-0.2, -0.15) is 0 Å². The zero-order valence-electron chi connectivity index (χ0n) is 20.3. The molecule has 0 saturated heterocycles. The van der Waals surface area contributed by atoms with Crippen LogP contribution in [0.15, 0.2) is 42.5 Å². The van der Waals surface area contributed by atoms with Crippen LogP contribution in [0.1, 0.15) is 99.3 Å². The molecule has 0 aliphatic rings. The van der Waals surface area contributed by atoms with Crippen molar-refractivity contribution in [2.24, 2.45) is 0 Å². The lowest BCUT2D eigenvalue weighted by Gasteiger charge is -2.14. The number of hydrogen-bond acceptors (Lipinski definition) is 4. The van der Waals surface area contributed by atoms with Gasteiger partial charge in [0.1, 0.15) is 5.75 Å². The van der Waals surface area contributed by atoms with Crippen molar-refractivity contribution in [3.8, 4) is 16.9 Å². The van der Waals surface area contributed by atoms with Crippen molar-refractivity contribution < 1.29 is 24.2 Å². The van der Waals surface area contributed by atoms with Crippen molar-refractivity contribution in [1.29, 1.82) is 0 Å². The highest BCUT2D eigenvalue weighted by atomic mass is 16.5. The van der Waals surface area contributed by atoms with Crippen LogP contribution in [0.3, 0.4) is 0 Å². The van der Waals surface area contributed by atoms with Crippen molar-refractivity contribution in [3.05, 3.63) is 53.6 Å². The molecule has 0 aromatic heterocycles. The van der Waals surface area contributed by atoms with Gasteiger partial charge in [0.05, 0.1) is 23.8 Å². The van der Waals surface area contributed by atoms with Crippen molar-refractivity contribution in [2.45, 2.75) is 84.7 Å². The first-order valence-corrected chi connectivity index (χ1v) is 12.3. The van der Waals surface area contributed by atoms with E-state index < -0.39 is 5.97 Å². The quantitative estimate of drug-likeness (QED) is 0.222. The van der Waals surface area contributed by atoms with Gasteiger partial charge in [0, 0.05) is 0 Å². The van der Waals surface area contributed by atoms with Crippen LogP contribution in [0.2, 0.25) is 0 Å². The molecule has 0 fully saturated rings. The van der Waals surface area contributed by atoms with Crippen molar-refractivity contribution >= 4 is 11.9 Å². The van der Waals surface area contributed by atoms with Gasteiger partial charge < -0.3 is 14.6 Å². The van der Waals surface area contributed by atoms with Gasteiger partial charge in [-0.3, -0.25) is 0 Å². The number of unbranched alkanes of at least 4 members (excludes halogenated alkanes) is 6. The summed E-state index contributed by atoms with van der Waals surface area (Å²) >= 11 is 0. The smallest absolute Gasteiger partial charge is 0.338 e. The largest absolute Gasteiger partial charge is 0.494 e. The molecule has 2 aromatic rings. The minimum absolute atomic E-state index is 0.126. The van der Waals surface area contributed by atoms with Gasteiger partial charge in [-0.25, -0.2) is 9.59 Å². The average molecular weight is 455 g/mol. The molecule has 180 valence electrons. The summed E-state index contributed by atoms with van der Waals surface area (Å²) < 4.78 is 11.4. The topological polar surface area (TPSA) is 72.8 Å². The minimum atomic E-state index is -1.00. The predicted molar refractivity (Wildman–Crippen MR) is 132 cm³/mol. The summed E-state index contributed by atoms with van der Waals surface area (Å²) in [4.78, 5) is 24.2. The summed E-state index contributed by atoms with van der Waals surface area (Å²) in [5.74, 6) is -0.709. The number of esters is 1. The van der Waals surface area contributed by atoms with Gasteiger partial charge in [-0.15, -0.1) is 0 Å². The molecule has 0 saturated carbocycles. The Kier molecular flexibility index (Phi) is 11.5. The fraction of sp³-hybridized carbons (Fsp3) is 0.500. The zero-order chi connectivity index (χ0) is 24.1. The Bertz CT molecular complexity index is 872. The second-order valence-electron chi connectivity index (χ2n) is 8.56. The van der Waals surface area contributed by atoms with E-state index in [4.69, 9.17) is 9.47 Å². The maximum absolute atomic E-state index is 12.5. The standard InChI is InChI=1S/C28H38O5/c1-4-6-8-10-12-21(3)33-28(31)23-15-13-22(14-16-23)26-20-24(17-18-25(26)27(29)30)32-19-11-9-7-5-2/h13-18,20-21H,4-12,19H2,1-3H3,(H,29,30). The van der Waals surface area contributed by atoms with Gasteiger partial charge in [-0.05, 0) is 67.6 Å². The number of ether oxygens (including phenoxy) is 2. The van der Waals surface area contributed by atoms with E-state index >= 15 is 0 Å². The lowest BCUT2D eigenvalue weighted by Crippen LogP contribution is -2.15. The maximum atomic E-state index is 12.5. The molecule has 0 aliphatic heterocycles. The molecule has 5 heteroatoms. The first-order chi connectivity index (χ1) is 16.0. The van der Waals surface area contributed by atoms with E-state index in [0.29, 0.717) is 29.0 Å². The summed E-state index contributed by atoms with van der Waals surface area (Å²) in [7, 11) is 0. The van der Waals surface area contributed by atoms with E-state index in [1.165, 1.54) is 25.7 Å². The third kappa shape index (κ3) is 8.91. The fourth-order valence-corrected chi connectivity index (χ4v) is 3.71. The Morgan fingerprint density at radius 3 is 2.18 bits per heavy atom. The molecule has 33 heavy (non-hydrogen) atoms. The number of carbonyl (C=O) groups is 2. The van der Waals surface area contributed by atoms with Crippen LogP contribution in [0.25, 0.3) is 11.1 Å². The highest BCUT2D eigenvalue weighted by Crippen LogP contribution is 2.29. The third-order valence-electron chi connectivity index (χ3n) is 5.69. The average Bonchev–Trinajstić information content (AvgIpc) is 2.81. The Morgan fingerprint density at radius 1 is 0.879 bits per heavy atom. The van der Waals surface area contributed by atoms with E-state index in [1.54, 1.807) is 42.5 Å². The summed E-state index contributed by atoms with van der Waals surface area (Å²) in [5.41, 5.74) is 1.94. The van der Waals surface area contributed by atoms with Crippen LogP contribution in [-0.2, 0) is 4.74 Å². The number of benzene rings is 2. The molecule has 2 rings (SSSR count). The zero-order valence-corrected chi connectivity index (χ0v) is 20.3. The van der Waals surface area contributed by atoms with Crippen LogP contribution < -0.4 is 4.74 Å². The predicted octanol–water partition coefficient (Wildman–Crippen LogP) is 7.53. The number of aromatic carboxylic acids is 1. The second kappa shape index (κ2) is 14.4. The molecule has 1 unspecified atom stereocenters. The fourth-order valence-electron chi connectivity index (χ4n) is 3.71. The van der Waals surface area contributed by atoms with Gasteiger partial charge >= 0.3 is 11.9 Å². The monoisotopic (exact) mass is 454 g/mol. The van der Waals surface area contributed by atoms with E-state index in [2.05, 4.69) is 13.8 Å². The maximum Gasteiger partial charge on any atom is 0.338 e. The van der Waals surface area contributed by atoms with Crippen LogP contribution in [0.5, 0.6) is 5.75 Å². The number of carbonyl (C=O) groups excluding carboxylic acids is 1. The van der Waals surface area contributed by atoms with Crippen molar-refractivity contribution in [3.63, 3.8) is 0 Å². The Balaban J connectivity index is 2.06. The lowest BCUT2D eigenvalue weighted by molar-refractivity contribution is 0.0319. The number of carboxylic acid groups (broad SMARTS) is 1. The third-order valence-corrected chi connectivity index (χ3v) is 5.69. The summed E-state index contributed by atoms with van der Waals surface area (Å²) in [6.07, 6.45) is 9.75. The molecule has 0 bridgehead atoms. The summed E-state index contributed by atoms with van der Waals surface area (Å²) in [6, 6.07) is 11.9. The van der Waals surface area contributed by atoms with Gasteiger partial charge in [0.15, 0.2) is 0 Å². The van der Waals surface area contributed by atoms with Crippen LogP contribution >= 0.6 is 0 Å². The van der Waals surface area contributed by atoms with Gasteiger partial charge in [0.25, 0.3) is 0 Å². The summed E-state index contributed by atoms with van der Waals surface area (Å²) in [5, 5.41) is 9.62. The number of hydrogen-bond donors (Lipinski definition) is 1. The van der Waals surface area contributed by atoms with Crippen LogP contribution in [-0.4, -0.2) is 29.8 Å².